The highest BCUT2D eigenvalue weighted by molar-refractivity contribution is 5.97. The minimum atomic E-state index is 0.396. The third kappa shape index (κ3) is 3.62. The summed E-state index contributed by atoms with van der Waals surface area (Å²) in [6.07, 6.45) is 4.20. The van der Waals surface area contributed by atoms with Gasteiger partial charge in [0.2, 0.25) is 5.88 Å². The molecule has 4 nitrogen and oxygen atoms in total. The molecule has 0 bridgehead atoms. The van der Waals surface area contributed by atoms with Gasteiger partial charge in [-0.2, -0.15) is 5.26 Å². The Bertz CT molecular complexity index is 285. The fourth-order valence-electron chi connectivity index (χ4n) is 1.47. The SMILES string of the molecule is C=C(O/N=C(/C#N)CC)N1CCCCC1. The van der Waals surface area contributed by atoms with E-state index in [1.165, 1.54) is 19.3 Å². The maximum absolute atomic E-state index is 8.65. The van der Waals surface area contributed by atoms with Crippen molar-refractivity contribution >= 4 is 5.71 Å². The standard InChI is InChI=1S/C11H17N3O/c1-3-11(9-12)13-15-10(2)14-7-5-4-6-8-14/h2-8H2,1H3/b13-11+. The van der Waals surface area contributed by atoms with E-state index in [9.17, 15) is 0 Å². The Labute approximate surface area is 90.8 Å². The third-order valence-electron chi connectivity index (χ3n) is 2.43. The average molecular weight is 207 g/mol. The van der Waals surface area contributed by atoms with Crippen LogP contribution in [0.15, 0.2) is 17.6 Å². The summed E-state index contributed by atoms with van der Waals surface area (Å²) in [5.74, 6) is 0.552. The van der Waals surface area contributed by atoms with Gasteiger partial charge in [-0.15, -0.1) is 0 Å². The van der Waals surface area contributed by atoms with E-state index in [0.717, 1.165) is 13.1 Å². The lowest BCUT2D eigenvalue weighted by Gasteiger charge is -2.27. The predicted molar refractivity (Wildman–Crippen MR) is 59.0 cm³/mol. The third-order valence-corrected chi connectivity index (χ3v) is 2.43. The van der Waals surface area contributed by atoms with Crippen LogP contribution in [0.5, 0.6) is 0 Å². The van der Waals surface area contributed by atoms with E-state index in [1.807, 2.05) is 13.0 Å². The van der Waals surface area contributed by atoms with Gasteiger partial charge in [-0.3, -0.25) is 0 Å². The smallest absolute Gasteiger partial charge is 0.218 e. The van der Waals surface area contributed by atoms with Crippen molar-refractivity contribution in [3.63, 3.8) is 0 Å². The van der Waals surface area contributed by atoms with Gasteiger partial charge in [0.1, 0.15) is 6.07 Å². The number of rotatable bonds is 4. The van der Waals surface area contributed by atoms with Crippen molar-refractivity contribution in [2.45, 2.75) is 32.6 Å². The van der Waals surface area contributed by atoms with Crippen molar-refractivity contribution in [2.75, 3.05) is 13.1 Å². The maximum atomic E-state index is 8.65. The summed E-state index contributed by atoms with van der Waals surface area (Å²) in [6.45, 7) is 7.63. The van der Waals surface area contributed by atoms with Crippen LogP contribution in [0.25, 0.3) is 0 Å². The van der Waals surface area contributed by atoms with Gasteiger partial charge in [0, 0.05) is 19.5 Å². The van der Waals surface area contributed by atoms with Crippen molar-refractivity contribution in [2.24, 2.45) is 5.16 Å². The van der Waals surface area contributed by atoms with E-state index in [1.54, 1.807) is 0 Å². The zero-order valence-electron chi connectivity index (χ0n) is 9.20. The van der Waals surface area contributed by atoms with Crippen LogP contribution in [-0.2, 0) is 4.84 Å². The Morgan fingerprint density at radius 2 is 2.13 bits per heavy atom. The summed E-state index contributed by atoms with van der Waals surface area (Å²) >= 11 is 0. The molecule has 0 atom stereocenters. The first-order chi connectivity index (χ1) is 7.27. The molecule has 0 aromatic rings. The fourth-order valence-corrected chi connectivity index (χ4v) is 1.47. The van der Waals surface area contributed by atoms with Gasteiger partial charge in [0.15, 0.2) is 5.71 Å². The largest absolute Gasteiger partial charge is 0.341 e. The Morgan fingerprint density at radius 1 is 1.47 bits per heavy atom. The minimum Gasteiger partial charge on any atom is -0.341 e. The Balaban J connectivity index is 2.41. The lowest BCUT2D eigenvalue weighted by atomic mass is 10.1. The van der Waals surface area contributed by atoms with Crippen molar-refractivity contribution < 1.29 is 4.84 Å². The van der Waals surface area contributed by atoms with E-state index in [2.05, 4.69) is 16.6 Å². The molecule has 0 amide bonds. The highest BCUT2D eigenvalue weighted by Gasteiger charge is 2.12. The molecule has 0 aromatic carbocycles. The molecule has 0 unspecified atom stereocenters. The summed E-state index contributed by atoms with van der Waals surface area (Å²) in [6, 6.07) is 1.98. The van der Waals surface area contributed by atoms with Gasteiger partial charge in [0.25, 0.3) is 0 Å². The lowest BCUT2D eigenvalue weighted by Crippen LogP contribution is -2.29. The molecule has 82 valence electrons. The van der Waals surface area contributed by atoms with Crippen LogP contribution in [0.2, 0.25) is 0 Å². The van der Waals surface area contributed by atoms with Gasteiger partial charge >= 0.3 is 0 Å². The van der Waals surface area contributed by atoms with Gasteiger partial charge in [0.05, 0.1) is 0 Å². The quantitative estimate of drug-likeness (QED) is 0.403. The van der Waals surface area contributed by atoms with Crippen LogP contribution < -0.4 is 0 Å². The monoisotopic (exact) mass is 207 g/mol. The highest BCUT2D eigenvalue weighted by Crippen LogP contribution is 2.14. The second-order valence-corrected chi connectivity index (χ2v) is 3.54. The molecule has 0 aromatic heterocycles. The molecular formula is C11H17N3O. The second-order valence-electron chi connectivity index (χ2n) is 3.54. The first-order valence-electron chi connectivity index (χ1n) is 5.35. The number of likely N-dealkylation sites (tertiary alicyclic amines) is 1. The molecule has 0 spiro atoms. The number of nitrogens with zero attached hydrogens (tertiary/aromatic N) is 3. The molecule has 0 radical (unpaired) electrons. The highest BCUT2D eigenvalue weighted by atomic mass is 16.6. The topological polar surface area (TPSA) is 48.6 Å². The van der Waals surface area contributed by atoms with E-state index in [0.29, 0.717) is 18.0 Å². The fraction of sp³-hybridized carbons (Fsp3) is 0.636. The molecule has 0 aliphatic carbocycles. The molecule has 4 heteroatoms. The van der Waals surface area contributed by atoms with E-state index < -0.39 is 0 Å². The molecular weight excluding hydrogens is 190 g/mol. The van der Waals surface area contributed by atoms with Crippen molar-refractivity contribution in [3.8, 4) is 6.07 Å². The van der Waals surface area contributed by atoms with Crippen LogP contribution in [-0.4, -0.2) is 23.7 Å². The van der Waals surface area contributed by atoms with Gasteiger partial charge in [-0.05, 0) is 25.8 Å². The molecule has 1 fully saturated rings. The first-order valence-corrected chi connectivity index (χ1v) is 5.35. The zero-order valence-corrected chi connectivity index (χ0v) is 9.20. The summed E-state index contributed by atoms with van der Waals surface area (Å²) in [7, 11) is 0. The Morgan fingerprint density at radius 3 is 2.67 bits per heavy atom. The number of oxime groups is 1. The molecule has 15 heavy (non-hydrogen) atoms. The number of piperidine rings is 1. The van der Waals surface area contributed by atoms with E-state index in [4.69, 9.17) is 10.1 Å². The molecule has 0 saturated carbocycles. The molecule has 1 heterocycles. The van der Waals surface area contributed by atoms with Crippen LogP contribution in [0.4, 0.5) is 0 Å². The summed E-state index contributed by atoms with van der Waals surface area (Å²) in [4.78, 5) is 7.19. The van der Waals surface area contributed by atoms with Crippen LogP contribution in [0.1, 0.15) is 32.6 Å². The van der Waals surface area contributed by atoms with Crippen LogP contribution in [0.3, 0.4) is 0 Å². The van der Waals surface area contributed by atoms with Crippen LogP contribution in [0, 0.1) is 11.3 Å². The lowest BCUT2D eigenvalue weighted by molar-refractivity contribution is 0.106. The molecule has 1 aliphatic rings. The van der Waals surface area contributed by atoms with Gasteiger partial charge in [-0.25, -0.2) is 0 Å². The summed E-state index contributed by atoms with van der Waals surface area (Å²) < 4.78 is 0. The van der Waals surface area contributed by atoms with Crippen molar-refractivity contribution in [1.29, 1.82) is 5.26 Å². The number of nitriles is 1. The second kappa shape index (κ2) is 6.07. The number of hydrogen-bond acceptors (Lipinski definition) is 4. The van der Waals surface area contributed by atoms with Gasteiger partial charge < -0.3 is 9.74 Å². The molecule has 1 saturated heterocycles. The first kappa shape index (κ1) is 11.6. The van der Waals surface area contributed by atoms with E-state index in [-0.39, 0.29) is 0 Å². The maximum Gasteiger partial charge on any atom is 0.218 e. The molecule has 0 N–H and O–H groups in total. The minimum absolute atomic E-state index is 0.396. The molecule has 1 rings (SSSR count). The van der Waals surface area contributed by atoms with Crippen LogP contribution >= 0.6 is 0 Å². The average Bonchev–Trinajstić information content (AvgIpc) is 2.31. The predicted octanol–water partition coefficient (Wildman–Crippen LogP) is 2.25. The summed E-state index contributed by atoms with van der Waals surface area (Å²) in [5.41, 5.74) is 0.396. The molecule has 1 aliphatic heterocycles. The van der Waals surface area contributed by atoms with E-state index >= 15 is 0 Å². The van der Waals surface area contributed by atoms with Gasteiger partial charge in [-0.1, -0.05) is 12.1 Å². The number of hydrogen-bond donors (Lipinski definition) is 0. The Kier molecular flexibility index (Phi) is 4.69. The van der Waals surface area contributed by atoms with Crippen molar-refractivity contribution in [1.82, 2.24) is 4.90 Å². The summed E-state index contributed by atoms with van der Waals surface area (Å²) in [5, 5.41) is 12.4. The normalized spacial score (nSPS) is 17.1. The Hall–Kier alpha value is -1.50. The zero-order chi connectivity index (χ0) is 11.1. The van der Waals surface area contributed by atoms with Crippen molar-refractivity contribution in [3.05, 3.63) is 12.5 Å².